The molecule has 0 aliphatic heterocycles. The van der Waals surface area contributed by atoms with Crippen LogP contribution in [0.2, 0.25) is 0 Å². The summed E-state index contributed by atoms with van der Waals surface area (Å²) in [5.41, 5.74) is 8.37. The highest BCUT2D eigenvalue weighted by Crippen LogP contribution is 2.07. The van der Waals surface area contributed by atoms with Crippen molar-refractivity contribution in [3.63, 3.8) is 0 Å². The first kappa shape index (κ1) is 24.4. The quantitative estimate of drug-likeness (QED) is 0.351. The number of nitrogens with zero attached hydrogens (tertiary/aromatic N) is 1. The second-order valence-corrected chi connectivity index (χ2v) is 7.32. The van der Waals surface area contributed by atoms with Gasteiger partial charge in [-0.15, -0.1) is 0 Å². The van der Waals surface area contributed by atoms with Crippen LogP contribution in [0, 0.1) is 5.92 Å². The summed E-state index contributed by atoms with van der Waals surface area (Å²) in [6.45, 7) is 3.78. The number of nitrogens with one attached hydrogen (secondary N) is 2. The van der Waals surface area contributed by atoms with Crippen LogP contribution >= 0.6 is 15.9 Å². The molecule has 0 aliphatic carbocycles. The summed E-state index contributed by atoms with van der Waals surface area (Å²) >= 11 is 3.02. The first-order valence-corrected chi connectivity index (χ1v) is 10.3. The van der Waals surface area contributed by atoms with E-state index < -0.39 is 29.9 Å². The maximum atomic E-state index is 12.7. The smallest absolute Gasteiger partial charge is 0.408 e. The summed E-state index contributed by atoms with van der Waals surface area (Å²) in [4.78, 5) is 47.8. The molecule has 1 rings (SSSR count). The zero-order chi connectivity index (χ0) is 21.8. The minimum atomic E-state index is -0.919. The lowest BCUT2D eigenvalue weighted by Gasteiger charge is -2.26. The van der Waals surface area contributed by atoms with Gasteiger partial charge < -0.3 is 15.8 Å². The number of alkyl halides is 1. The van der Waals surface area contributed by atoms with Crippen LogP contribution in [0.1, 0.15) is 32.3 Å². The molecule has 1 atom stereocenters. The fourth-order valence-electron chi connectivity index (χ4n) is 2.36. The fraction of sp³-hybridized carbons (Fsp3) is 0.474. The number of hydrogen-bond acceptors (Lipinski definition) is 5. The molecule has 0 heterocycles. The van der Waals surface area contributed by atoms with Gasteiger partial charge in [0.2, 0.25) is 5.91 Å². The zero-order valence-corrected chi connectivity index (χ0v) is 18.1. The van der Waals surface area contributed by atoms with Gasteiger partial charge in [-0.05, 0) is 17.9 Å². The number of ether oxygens (including phenoxy) is 1. The maximum absolute atomic E-state index is 12.7. The van der Waals surface area contributed by atoms with Crippen LogP contribution in [0.4, 0.5) is 4.79 Å². The number of hydrazine groups is 1. The Morgan fingerprint density at radius 3 is 2.38 bits per heavy atom. The van der Waals surface area contributed by atoms with E-state index in [4.69, 9.17) is 10.5 Å². The molecule has 0 saturated heterocycles. The molecule has 0 aliphatic rings. The monoisotopic (exact) mass is 470 g/mol. The Morgan fingerprint density at radius 2 is 1.83 bits per heavy atom. The number of carbonyl (C=O) groups is 4. The first-order valence-electron chi connectivity index (χ1n) is 9.15. The van der Waals surface area contributed by atoms with E-state index in [2.05, 4.69) is 26.7 Å². The van der Waals surface area contributed by atoms with Crippen molar-refractivity contribution in [2.24, 2.45) is 11.7 Å². The largest absolute Gasteiger partial charge is 0.445 e. The Kier molecular flexibility index (Phi) is 10.7. The summed E-state index contributed by atoms with van der Waals surface area (Å²) in [6, 6.07) is 8.21. The van der Waals surface area contributed by atoms with E-state index in [0.29, 0.717) is 6.42 Å². The number of primary amides is 1. The standard InChI is InChI=1S/C19H27BrN4O5/c1-13(2)10-15(22-19(28)29-12-14-6-4-3-5-7-14)18(27)23-24(17(26)11-20)9-8-16(21)25/h3-7,13,15H,8-12H2,1-2H3,(H2,21,25)(H,22,28)(H,23,27)/t15-/m0/s1. The van der Waals surface area contributed by atoms with E-state index in [1.54, 1.807) is 0 Å². The predicted molar refractivity (Wildman–Crippen MR) is 110 cm³/mol. The highest BCUT2D eigenvalue weighted by Gasteiger charge is 2.26. The Hall–Kier alpha value is -2.62. The van der Waals surface area contributed by atoms with E-state index in [0.717, 1.165) is 10.6 Å². The molecule has 1 aromatic rings. The van der Waals surface area contributed by atoms with Crippen LogP contribution in [-0.4, -0.2) is 46.7 Å². The number of rotatable bonds is 10. The molecule has 0 fully saturated rings. The van der Waals surface area contributed by atoms with Crippen LogP contribution < -0.4 is 16.5 Å². The molecule has 10 heteroatoms. The van der Waals surface area contributed by atoms with E-state index in [1.807, 2.05) is 44.2 Å². The highest BCUT2D eigenvalue weighted by atomic mass is 79.9. The molecule has 9 nitrogen and oxygen atoms in total. The number of benzene rings is 1. The molecule has 0 saturated carbocycles. The molecule has 0 bridgehead atoms. The number of amides is 4. The summed E-state index contributed by atoms with van der Waals surface area (Å²) in [5.74, 6) is -1.55. The van der Waals surface area contributed by atoms with Gasteiger partial charge in [0.05, 0.1) is 11.9 Å². The van der Waals surface area contributed by atoms with Crippen molar-refractivity contribution >= 4 is 39.7 Å². The van der Waals surface area contributed by atoms with Crippen LogP contribution in [0.3, 0.4) is 0 Å². The molecular weight excluding hydrogens is 444 g/mol. The molecule has 4 N–H and O–H groups in total. The van der Waals surface area contributed by atoms with Crippen molar-refractivity contribution < 1.29 is 23.9 Å². The second kappa shape index (κ2) is 12.8. The lowest BCUT2D eigenvalue weighted by molar-refractivity contribution is -0.141. The molecule has 0 unspecified atom stereocenters. The van der Waals surface area contributed by atoms with E-state index in [1.165, 1.54) is 0 Å². The third-order valence-corrected chi connectivity index (χ3v) is 4.25. The van der Waals surface area contributed by atoms with Gasteiger partial charge in [-0.1, -0.05) is 60.1 Å². The molecule has 0 spiro atoms. The molecular formula is C19H27BrN4O5. The second-order valence-electron chi connectivity index (χ2n) is 6.76. The lowest BCUT2D eigenvalue weighted by atomic mass is 10.0. The topological polar surface area (TPSA) is 131 Å². The van der Waals surface area contributed by atoms with Gasteiger partial charge in [0.25, 0.3) is 11.8 Å². The maximum Gasteiger partial charge on any atom is 0.408 e. The zero-order valence-electron chi connectivity index (χ0n) is 16.5. The summed E-state index contributed by atoms with van der Waals surface area (Å²) in [6.07, 6.45) is -0.524. The minimum Gasteiger partial charge on any atom is -0.445 e. The van der Waals surface area contributed by atoms with Crippen LogP contribution in [-0.2, 0) is 25.7 Å². The van der Waals surface area contributed by atoms with Gasteiger partial charge in [-0.25, -0.2) is 4.79 Å². The van der Waals surface area contributed by atoms with Gasteiger partial charge in [-0.3, -0.25) is 24.8 Å². The normalized spacial score (nSPS) is 11.4. The molecule has 0 radical (unpaired) electrons. The average molecular weight is 471 g/mol. The van der Waals surface area contributed by atoms with Crippen molar-refractivity contribution in [3.8, 4) is 0 Å². The van der Waals surface area contributed by atoms with Gasteiger partial charge >= 0.3 is 6.09 Å². The Bertz CT molecular complexity index is 699. The number of halogens is 1. The number of hydrogen-bond donors (Lipinski definition) is 3. The summed E-state index contributed by atoms with van der Waals surface area (Å²) in [5, 5.41) is 3.49. The highest BCUT2D eigenvalue weighted by molar-refractivity contribution is 9.09. The molecule has 4 amide bonds. The number of nitrogens with two attached hydrogens (primary N) is 1. The Labute approximate surface area is 178 Å². The van der Waals surface area contributed by atoms with Crippen LogP contribution in [0.5, 0.6) is 0 Å². The van der Waals surface area contributed by atoms with Gasteiger partial charge in [-0.2, -0.15) is 0 Å². The van der Waals surface area contributed by atoms with Crippen molar-refractivity contribution in [3.05, 3.63) is 35.9 Å². The van der Waals surface area contributed by atoms with Gasteiger partial charge in [0, 0.05) is 6.42 Å². The van der Waals surface area contributed by atoms with E-state index in [9.17, 15) is 19.2 Å². The first-order chi connectivity index (χ1) is 13.7. The molecule has 160 valence electrons. The third-order valence-electron chi connectivity index (χ3n) is 3.77. The third kappa shape index (κ3) is 9.93. The molecule has 0 aromatic heterocycles. The number of carbonyl (C=O) groups excluding carboxylic acids is 4. The van der Waals surface area contributed by atoms with Crippen molar-refractivity contribution in [2.75, 3.05) is 11.9 Å². The van der Waals surface area contributed by atoms with Crippen LogP contribution in [0.15, 0.2) is 30.3 Å². The predicted octanol–water partition coefficient (Wildman–Crippen LogP) is 1.46. The Balaban J connectivity index is 2.72. The van der Waals surface area contributed by atoms with Gasteiger partial charge in [0.15, 0.2) is 0 Å². The van der Waals surface area contributed by atoms with Crippen LogP contribution in [0.25, 0.3) is 0 Å². The van der Waals surface area contributed by atoms with E-state index >= 15 is 0 Å². The molecule has 29 heavy (non-hydrogen) atoms. The fourth-order valence-corrected chi connectivity index (χ4v) is 2.66. The minimum absolute atomic E-state index is 0.0482. The SMILES string of the molecule is CC(C)C[C@H](NC(=O)OCc1ccccc1)C(=O)NN(CCC(N)=O)C(=O)CBr. The van der Waals surface area contributed by atoms with E-state index in [-0.39, 0.29) is 30.8 Å². The van der Waals surface area contributed by atoms with Crippen molar-refractivity contribution in [1.29, 1.82) is 0 Å². The van der Waals surface area contributed by atoms with Crippen molar-refractivity contribution in [2.45, 2.75) is 39.3 Å². The summed E-state index contributed by atoms with van der Waals surface area (Å²) < 4.78 is 5.16. The van der Waals surface area contributed by atoms with Crippen molar-refractivity contribution in [1.82, 2.24) is 15.8 Å². The molecule has 1 aromatic carbocycles. The Morgan fingerprint density at radius 1 is 1.17 bits per heavy atom. The summed E-state index contributed by atoms with van der Waals surface area (Å²) in [7, 11) is 0. The average Bonchev–Trinajstić information content (AvgIpc) is 2.68. The number of alkyl carbamates (subject to hydrolysis) is 1. The lowest BCUT2D eigenvalue weighted by Crippen LogP contribution is -2.55. The van der Waals surface area contributed by atoms with Gasteiger partial charge in [0.1, 0.15) is 12.6 Å².